The Morgan fingerprint density at radius 2 is 2.25 bits per heavy atom. The molecule has 1 aliphatic heterocycles. The summed E-state index contributed by atoms with van der Waals surface area (Å²) in [5.41, 5.74) is 0. The van der Waals surface area contributed by atoms with Crippen molar-refractivity contribution in [2.24, 2.45) is 0 Å². The first-order chi connectivity index (χ1) is 5.83. The molecule has 68 valence electrons. The third-order valence-corrected chi connectivity index (χ3v) is 2.14. The van der Waals surface area contributed by atoms with Crippen LogP contribution in [-0.2, 0) is 4.74 Å². The molecule has 1 unspecified atom stereocenters. The fraction of sp³-hybridized carbons (Fsp3) is 0.889. The van der Waals surface area contributed by atoms with E-state index in [2.05, 4.69) is 18.3 Å². The SMILES string of the molecule is CC(CC#N)NC1CCOCC1. The Kier molecular flexibility index (Phi) is 4.06. The molecular formula is C9H16N2O. The maximum absolute atomic E-state index is 8.45. The van der Waals surface area contributed by atoms with Crippen molar-refractivity contribution in [3.05, 3.63) is 0 Å². The van der Waals surface area contributed by atoms with Crippen molar-refractivity contribution in [3.8, 4) is 6.07 Å². The van der Waals surface area contributed by atoms with Crippen LogP contribution in [0.4, 0.5) is 0 Å². The summed E-state index contributed by atoms with van der Waals surface area (Å²) in [5, 5.41) is 11.9. The van der Waals surface area contributed by atoms with Crippen molar-refractivity contribution in [1.82, 2.24) is 5.32 Å². The van der Waals surface area contributed by atoms with Gasteiger partial charge in [0.1, 0.15) is 0 Å². The Labute approximate surface area is 73.7 Å². The smallest absolute Gasteiger partial charge is 0.0638 e. The highest BCUT2D eigenvalue weighted by Crippen LogP contribution is 2.07. The first kappa shape index (κ1) is 9.50. The minimum atomic E-state index is 0.318. The zero-order chi connectivity index (χ0) is 8.81. The number of nitrogens with one attached hydrogen (secondary N) is 1. The maximum atomic E-state index is 8.45. The standard InChI is InChI=1S/C9H16N2O/c1-8(2-5-10)11-9-3-6-12-7-4-9/h8-9,11H,2-4,6-7H2,1H3. The molecule has 1 saturated heterocycles. The van der Waals surface area contributed by atoms with E-state index < -0.39 is 0 Å². The minimum absolute atomic E-state index is 0.318. The summed E-state index contributed by atoms with van der Waals surface area (Å²) in [6, 6.07) is 3.04. The van der Waals surface area contributed by atoms with E-state index in [1.165, 1.54) is 0 Å². The molecule has 0 aromatic rings. The maximum Gasteiger partial charge on any atom is 0.0638 e. The van der Waals surface area contributed by atoms with Gasteiger partial charge in [0.2, 0.25) is 0 Å². The summed E-state index contributed by atoms with van der Waals surface area (Å²) < 4.78 is 5.24. The number of hydrogen-bond acceptors (Lipinski definition) is 3. The lowest BCUT2D eigenvalue weighted by molar-refractivity contribution is 0.0756. The second kappa shape index (κ2) is 5.13. The average molecular weight is 168 g/mol. The van der Waals surface area contributed by atoms with Crippen molar-refractivity contribution in [1.29, 1.82) is 5.26 Å². The van der Waals surface area contributed by atoms with E-state index in [0.29, 0.717) is 18.5 Å². The van der Waals surface area contributed by atoms with Gasteiger partial charge in [-0.2, -0.15) is 5.26 Å². The number of ether oxygens (including phenoxy) is 1. The molecule has 1 atom stereocenters. The van der Waals surface area contributed by atoms with Gasteiger partial charge in [-0.25, -0.2) is 0 Å². The quantitative estimate of drug-likeness (QED) is 0.685. The summed E-state index contributed by atoms with van der Waals surface area (Å²) in [6.45, 7) is 3.77. The zero-order valence-electron chi connectivity index (χ0n) is 7.55. The number of hydrogen-bond donors (Lipinski definition) is 1. The van der Waals surface area contributed by atoms with Crippen LogP contribution in [0.15, 0.2) is 0 Å². The number of rotatable bonds is 3. The fourth-order valence-corrected chi connectivity index (χ4v) is 1.46. The van der Waals surface area contributed by atoms with Crippen molar-refractivity contribution in [2.75, 3.05) is 13.2 Å². The Morgan fingerprint density at radius 3 is 2.83 bits per heavy atom. The van der Waals surface area contributed by atoms with Crippen LogP contribution in [0.2, 0.25) is 0 Å². The van der Waals surface area contributed by atoms with E-state index in [-0.39, 0.29) is 0 Å². The van der Waals surface area contributed by atoms with E-state index in [1.807, 2.05) is 0 Å². The normalized spacial score (nSPS) is 21.7. The largest absolute Gasteiger partial charge is 0.381 e. The van der Waals surface area contributed by atoms with Crippen LogP contribution in [0.1, 0.15) is 26.2 Å². The molecule has 1 heterocycles. The average Bonchev–Trinajstić information content (AvgIpc) is 2.06. The predicted octanol–water partition coefficient (Wildman–Crippen LogP) is 1.06. The van der Waals surface area contributed by atoms with E-state index in [0.717, 1.165) is 26.1 Å². The van der Waals surface area contributed by atoms with Crippen molar-refractivity contribution in [2.45, 2.75) is 38.3 Å². The van der Waals surface area contributed by atoms with Crippen LogP contribution >= 0.6 is 0 Å². The van der Waals surface area contributed by atoms with Crippen LogP contribution in [0.25, 0.3) is 0 Å². The van der Waals surface area contributed by atoms with Crippen LogP contribution in [0.5, 0.6) is 0 Å². The van der Waals surface area contributed by atoms with E-state index in [9.17, 15) is 0 Å². The molecule has 0 aromatic heterocycles. The first-order valence-corrected chi connectivity index (χ1v) is 4.53. The first-order valence-electron chi connectivity index (χ1n) is 4.53. The lowest BCUT2D eigenvalue weighted by Gasteiger charge is -2.25. The Hall–Kier alpha value is -0.590. The molecule has 0 aliphatic carbocycles. The van der Waals surface area contributed by atoms with Gasteiger partial charge in [0.15, 0.2) is 0 Å². The summed E-state index contributed by atoms with van der Waals surface area (Å²) in [6.07, 6.45) is 2.75. The summed E-state index contributed by atoms with van der Waals surface area (Å²) >= 11 is 0. The molecule has 12 heavy (non-hydrogen) atoms. The summed E-state index contributed by atoms with van der Waals surface area (Å²) in [4.78, 5) is 0. The second-order valence-electron chi connectivity index (χ2n) is 3.32. The summed E-state index contributed by atoms with van der Waals surface area (Å²) in [5.74, 6) is 0. The Balaban J connectivity index is 2.16. The van der Waals surface area contributed by atoms with Gasteiger partial charge in [0, 0.05) is 25.3 Å². The molecule has 0 bridgehead atoms. The van der Waals surface area contributed by atoms with Gasteiger partial charge in [0.05, 0.1) is 12.5 Å². The summed E-state index contributed by atoms with van der Waals surface area (Å²) in [7, 11) is 0. The topological polar surface area (TPSA) is 45.0 Å². The molecule has 0 aromatic carbocycles. The van der Waals surface area contributed by atoms with Crippen molar-refractivity contribution < 1.29 is 4.74 Å². The van der Waals surface area contributed by atoms with Crippen molar-refractivity contribution >= 4 is 0 Å². The molecule has 1 fully saturated rings. The predicted molar refractivity (Wildman–Crippen MR) is 46.7 cm³/mol. The molecule has 3 nitrogen and oxygen atoms in total. The van der Waals surface area contributed by atoms with Gasteiger partial charge in [-0.15, -0.1) is 0 Å². The molecule has 0 radical (unpaired) electrons. The highest BCUT2D eigenvalue weighted by molar-refractivity contribution is 4.81. The van der Waals surface area contributed by atoms with Crippen LogP contribution < -0.4 is 5.32 Å². The van der Waals surface area contributed by atoms with E-state index in [1.54, 1.807) is 0 Å². The van der Waals surface area contributed by atoms with Crippen LogP contribution in [-0.4, -0.2) is 25.3 Å². The molecule has 3 heteroatoms. The van der Waals surface area contributed by atoms with Gasteiger partial charge >= 0.3 is 0 Å². The van der Waals surface area contributed by atoms with Gasteiger partial charge in [-0.3, -0.25) is 0 Å². The van der Waals surface area contributed by atoms with Gasteiger partial charge in [-0.05, 0) is 19.8 Å². The fourth-order valence-electron chi connectivity index (χ4n) is 1.46. The van der Waals surface area contributed by atoms with Gasteiger partial charge in [-0.1, -0.05) is 0 Å². The molecule has 1 rings (SSSR count). The molecule has 1 aliphatic rings. The van der Waals surface area contributed by atoms with E-state index in [4.69, 9.17) is 10.00 Å². The highest BCUT2D eigenvalue weighted by Gasteiger charge is 2.14. The highest BCUT2D eigenvalue weighted by atomic mass is 16.5. The minimum Gasteiger partial charge on any atom is -0.381 e. The monoisotopic (exact) mass is 168 g/mol. The molecule has 0 spiro atoms. The van der Waals surface area contributed by atoms with Crippen LogP contribution in [0.3, 0.4) is 0 Å². The van der Waals surface area contributed by atoms with Gasteiger partial charge in [0.25, 0.3) is 0 Å². The third kappa shape index (κ3) is 3.21. The van der Waals surface area contributed by atoms with Crippen molar-refractivity contribution in [3.63, 3.8) is 0 Å². The lowest BCUT2D eigenvalue weighted by Crippen LogP contribution is -2.40. The molecule has 1 N–H and O–H groups in total. The number of nitrogens with zero attached hydrogens (tertiary/aromatic N) is 1. The molecule has 0 saturated carbocycles. The lowest BCUT2D eigenvalue weighted by atomic mass is 10.1. The molecule has 0 amide bonds. The molecular weight excluding hydrogens is 152 g/mol. The van der Waals surface area contributed by atoms with Gasteiger partial charge < -0.3 is 10.1 Å². The second-order valence-corrected chi connectivity index (χ2v) is 3.32. The number of nitriles is 1. The Bertz CT molecular complexity index is 158. The third-order valence-electron chi connectivity index (χ3n) is 2.14. The zero-order valence-corrected chi connectivity index (χ0v) is 7.55. The Morgan fingerprint density at radius 1 is 1.58 bits per heavy atom. The van der Waals surface area contributed by atoms with Crippen LogP contribution in [0, 0.1) is 11.3 Å². The van der Waals surface area contributed by atoms with E-state index >= 15 is 0 Å².